The second-order valence-electron chi connectivity index (χ2n) is 3.34. The number of aromatic nitrogens is 3. The van der Waals surface area contributed by atoms with E-state index in [2.05, 4.69) is 15.0 Å². The average molecular weight is 229 g/mol. The van der Waals surface area contributed by atoms with Crippen molar-refractivity contribution in [3.63, 3.8) is 0 Å². The van der Waals surface area contributed by atoms with Crippen molar-refractivity contribution in [2.75, 3.05) is 7.11 Å². The van der Waals surface area contributed by atoms with Crippen molar-refractivity contribution in [1.29, 1.82) is 0 Å². The number of ether oxygens (including phenoxy) is 1. The monoisotopic (exact) mass is 229 g/mol. The minimum absolute atomic E-state index is 0.159. The van der Waals surface area contributed by atoms with Gasteiger partial charge in [0.2, 0.25) is 5.88 Å². The summed E-state index contributed by atoms with van der Waals surface area (Å²) in [4.78, 5) is 24.0. The fourth-order valence-electron chi connectivity index (χ4n) is 1.42. The highest BCUT2D eigenvalue weighted by molar-refractivity contribution is 5.97. The maximum Gasteiger partial charge on any atom is 0.243 e. The smallest absolute Gasteiger partial charge is 0.243 e. The maximum absolute atomic E-state index is 12.0. The van der Waals surface area contributed by atoms with Gasteiger partial charge in [0.1, 0.15) is 0 Å². The summed E-state index contributed by atoms with van der Waals surface area (Å²) in [6, 6.07) is 5.43. The van der Waals surface area contributed by atoms with Gasteiger partial charge in [-0.05, 0) is 12.1 Å². The van der Waals surface area contributed by atoms with Crippen LogP contribution in [0.15, 0.2) is 36.8 Å². The van der Waals surface area contributed by atoms with E-state index >= 15 is 0 Å². The lowest BCUT2D eigenvalue weighted by atomic mass is 10.1. The van der Waals surface area contributed by atoms with Crippen LogP contribution in [-0.2, 0) is 6.42 Å². The van der Waals surface area contributed by atoms with Crippen LogP contribution >= 0.6 is 0 Å². The van der Waals surface area contributed by atoms with Gasteiger partial charge in [0.15, 0.2) is 11.5 Å². The highest BCUT2D eigenvalue weighted by Gasteiger charge is 2.15. The lowest BCUT2D eigenvalue weighted by molar-refractivity contribution is 0.0983. The predicted molar refractivity (Wildman–Crippen MR) is 60.9 cm³/mol. The van der Waals surface area contributed by atoms with Gasteiger partial charge in [0, 0.05) is 24.3 Å². The van der Waals surface area contributed by atoms with Gasteiger partial charge in [-0.25, -0.2) is 9.97 Å². The molecule has 0 aliphatic rings. The molecule has 0 saturated carbocycles. The molecular formula is C12H11N3O2. The molecule has 0 N–H and O–H groups in total. The van der Waals surface area contributed by atoms with Crippen molar-refractivity contribution in [1.82, 2.24) is 15.0 Å². The number of nitrogens with zero attached hydrogens (tertiary/aromatic N) is 3. The van der Waals surface area contributed by atoms with E-state index in [0.29, 0.717) is 5.69 Å². The normalized spacial score (nSPS) is 9.94. The van der Waals surface area contributed by atoms with Crippen LogP contribution in [0.2, 0.25) is 0 Å². The van der Waals surface area contributed by atoms with Crippen LogP contribution in [0.5, 0.6) is 5.88 Å². The Balaban J connectivity index is 2.20. The van der Waals surface area contributed by atoms with Crippen molar-refractivity contribution >= 4 is 5.78 Å². The first kappa shape index (κ1) is 11.2. The zero-order valence-corrected chi connectivity index (χ0v) is 9.33. The first-order valence-electron chi connectivity index (χ1n) is 5.09. The largest absolute Gasteiger partial charge is 0.479 e. The summed E-state index contributed by atoms with van der Waals surface area (Å²) < 4.78 is 4.99. The Kier molecular flexibility index (Phi) is 3.40. The lowest BCUT2D eigenvalue weighted by Gasteiger charge is -2.04. The standard InChI is InChI=1S/C12H11N3O2/c1-17-12-11(14-6-7-15-12)10(16)8-9-4-2-3-5-13-9/h2-7H,8H2,1H3. The Morgan fingerprint density at radius 1 is 1.18 bits per heavy atom. The molecular weight excluding hydrogens is 218 g/mol. The molecule has 0 aliphatic carbocycles. The highest BCUT2D eigenvalue weighted by Crippen LogP contribution is 2.13. The Labute approximate surface area is 98.5 Å². The van der Waals surface area contributed by atoms with Gasteiger partial charge >= 0.3 is 0 Å². The van der Waals surface area contributed by atoms with Gasteiger partial charge < -0.3 is 4.74 Å². The number of pyridine rings is 1. The predicted octanol–water partition coefficient (Wildman–Crippen LogP) is 1.31. The molecule has 5 heteroatoms. The zero-order chi connectivity index (χ0) is 12.1. The molecule has 0 bridgehead atoms. The molecule has 2 heterocycles. The summed E-state index contributed by atoms with van der Waals surface area (Å²) in [5.41, 5.74) is 0.936. The van der Waals surface area contributed by atoms with E-state index in [-0.39, 0.29) is 23.8 Å². The minimum atomic E-state index is -0.159. The topological polar surface area (TPSA) is 65.0 Å². The van der Waals surface area contributed by atoms with Crippen LogP contribution < -0.4 is 4.74 Å². The number of hydrogen-bond donors (Lipinski definition) is 0. The lowest BCUT2D eigenvalue weighted by Crippen LogP contribution is -2.09. The number of Topliss-reactive ketones (excluding diaryl/α,β-unsaturated/α-hetero) is 1. The number of rotatable bonds is 4. The Hall–Kier alpha value is -2.30. The second kappa shape index (κ2) is 5.16. The fourth-order valence-corrected chi connectivity index (χ4v) is 1.42. The zero-order valence-electron chi connectivity index (χ0n) is 9.33. The van der Waals surface area contributed by atoms with Crippen LogP contribution in [0.4, 0.5) is 0 Å². The summed E-state index contributed by atoms with van der Waals surface area (Å²) in [5, 5.41) is 0. The molecule has 0 aromatic carbocycles. The summed E-state index contributed by atoms with van der Waals surface area (Å²) >= 11 is 0. The van der Waals surface area contributed by atoms with Gasteiger partial charge in [-0.2, -0.15) is 0 Å². The van der Waals surface area contributed by atoms with Gasteiger partial charge in [0.25, 0.3) is 0 Å². The molecule has 5 nitrogen and oxygen atoms in total. The van der Waals surface area contributed by atoms with E-state index in [1.54, 1.807) is 18.3 Å². The molecule has 17 heavy (non-hydrogen) atoms. The molecule has 0 amide bonds. The van der Waals surface area contributed by atoms with Crippen LogP contribution in [0.25, 0.3) is 0 Å². The van der Waals surface area contributed by atoms with Crippen LogP contribution in [0.1, 0.15) is 16.2 Å². The summed E-state index contributed by atoms with van der Waals surface area (Å²) in [7, 11) is 1.46. The molecule has 0 aliphatic heterocycles. The molecule has 2 aromatic rings. The molecule has 0 spiro atoms. The van der Waals surface area contributed by atoms with Crippen molar-refractivity contribution in [3.8, 4) is 5.88 Å². The van der Waals surface area contributed by atoms with Crippen molar-refractivity contribution < 1.29 is 9.53 Å². The Morgan fingerprint density at radius 2 is 2.00 bits per heavy atom. The van der Waals surface area contributed by atoms with Crippen LogP contribution in [0, 0.1) is 0 Å². The van der Waals surface area contributed by atoms with Gasteiger partial charge in [0.05, 0.1) is 13.5 Å². The molecule has 0 fully saturated rings. The number of hydrogen-bond acceptors (Lipinski definition) is 5. The molecule has 0 atom stereocenters. The third-order valence-electron chi connectivity index (χ3n) is 2.19. The highest BCUT2D eigenvalue weighted by atomic mass is 16.5. The van der Waals surface area contributed by atoms with Crippen molar-refractivity contribution in [3.05, 3.63) is 48.2 Å². The third-order valence-corrected chi connectivity index (χ3v) is 2.19. The molecule has 0 radical (unpaired) electrons. The van der Waals surface area contributed by atoms with Crippen LogP contribution in [0.3, 0.4) is 0 Å². The van der Waals surface area contributed by atoms with Gasteiger partial charge in [-0.1, -0.05) is 6.07 Å². The molecule has 0 unspecified atom stereocenters. The number of methoxy groups -OCH3 is 1. The van der Waals surface area contributed by atoms with E-state index < -0.39 is 0 Å². The summed E-state index contributed by atoms with van der Waals surface area (Å²) in [6.45, 7) is 0. The molecule has 2 rings (SSSR count). The fraction of sp³-hybridized carbons (Fsp3) is 0.167. The molecule has 86 valence electrons. The first-order chi connectivity index (χ1) is 8.31. The average Bonchev–Trinajstić information content (AvgIpc) is 2.40. The molecule has 2 aromatic heterocycles. The number of ketones is 1. The second-order valence-corrected chi connectivity index (χ2v) is 3.34. The van der Waals surface area contributed by atoms with Crippen molar-refractivity contribution in [2.24, 2.45) is 0 Å². The van der Waals surface area contributed by atoms with E-state index in [0.717, 1.165) is 0 Å². The quantitative estimate of drug-likeness (QED) is 0.739. The van der Waals surface area contributed by atoms with E-state index in [1.165, 1.54) is 19.5 Å². The third kappa shape index (κ3) is 2.63. The van der Waals surface area contributed by atoms with Gasteiger partial charge in [-0.15, -0.1) is 0 Å². The minimum Gasteiger partial charge on any atom is -0.479 e. The summed E-state index contributed by atoms with van der Waals surface area (Å²) in [5.74, 6) is 0.0853. The molecule has 0 saturated heterocycles. The number of carbonyl (C=O) groups excluding carboxylic acids is 1. The Morgan fingerprint density at radius 3 is 2.71 bits per heavy atom. The van der Waals surface area contributed by atoms with E-state index in [4.69, 9.17) is 4.74 Å². The van der Waals surface area contributed by atoms with E-state index in [9.17, 15) is 4.79 Å². The first-order valence-corrected chi connectivity index (χ1v) is 5.09. The SMILES string of the molecule is COc1nccnc1C(=O)Cc1ccccn1. The maximum atomic E-state index is 12.0. The van der Waals surface area contributed by atoms with E-state index in [1.807, 2.05) is 6.07 Å². The van der Waals surface area contributed by atoms with Crippen LogP contribution in [-0.4, -0.2) is 27.8 Å². The van der Waals surface area contributed by atoms with Crippen molar-refractivity contribution in [2.45, 2.75) is 6.42 Å². The number of carbonyl (C=O) groups is 1. The summed E-state index contributed by atoms with van der Waals surface area (Å²) in [6.07, 6.45) is 4.79. The van der Waals surface area contributed by atoms with Gasteiger partial charge in [-0.3, -0.25) is 9.78 Å². The Bertz CT molecular complexity index is 514.